The molecule has 2 aromatic rings. The minimum Gasteiger partial charge on any atom is -0.389 e. The summed E-state index contributed by atoms with van der Waals surface area (Å²) in [5.74, 6) is 0. The Bertz CT molecular complexity index is 595. The Balaban J connectivity index is 2.18. The van der Waals surface area contributed by atoms with Gasteiger partial charge in [-0.05, 0) is 31.2 Å². The number of nitrogens with zero attached hydrogens (tertiary/aromatic N) is 2. The summed E-state index contributed by atoms with van der Waals surface area (Å²) in [4.78, 5) is 7.05. The maximum atomic E-state index is 5.66. The van der Waals surface area contributed by atoms with Gasteiger partial charge in [0.25, 0.3) is 0 Å². The van der Waals surface area contributed by atoms with Crippen LogP contribution in [-0.4, -0.2) is 17.0 Å². The SMILES string of the molecule is Cc1cccc(CN(C)c2cccc(C(N)=S)c2)n1. The topological polar surface area (TPSA) is 42.1 Å². The second kappa shape index (κ2) is 5.80. The lowest BCUT2D eigenvalue weighted by Gasteiger charge is -2.19. The van der Waals surface area contributed by atoms with Crippen LogP contribution in [0.25, 0.3) is 0 Å². The van der Waals surface area contributed by atoms with Crippen LogP contribution in [0.3, 0.4) is 0 Å². The van der Waals surface area contributed by atoms with Gasteiger partial charge in [-0.15, -0.1) is 0 Å². The second-order valence-corrected chi connectivity index (χ2v) is 4.98. The first-order valence-corrected chi connectivity index (χ1v) is 6.50. The lowest BCUT2D eigenvalue weighted by Crippen LogP contribution is -2.18. The van der Waals surface area contributed by atoms with Crippen molar-refractivity contribution in [3.05, 3.63) is 59.4 Å². The molecule has 2 N–H and O–H groups in total. The van der Waals surface area contributed by atoms with Gasteiger partial charge in [-0.3, -0.25) is 4.98 Å². The van der Waals surface area contributed by atoms with Crippen molar-refractivity contribution in [2.75, 3.05) is 11.9 Å². The Morgan fingerprint density at radius 2 is 2.00 bits per heavy atom. The molecule has 3 nitrogen and oxygen atoms in total. The van der Waals surface area contributed by atoms with Crippen molar-refractivity contribution in [1.82, 2.24) is 4.98 Å². The Morgan fingerprint density at radius 1 is 1.26 bits per heavy atom. The Kier molecular flexibility index (Phi) is 4.12. The van der Waals surface area contributed by atoms with Crippen molar-refractivity contribution in [3.63, 3.8) is 0 Å². The van der Waals surface area contributed by atoms with Gasteiger partial charge in [0, 0.05) is 24.0 Å². The van der Waals surface area contributed by atoms with E-state index < -0.39 is 0 Å². The van der Waals surface area contributed by atoms with Crippen molar-refractivity contribution in [1.29, 1.82) is 0 Å². The smallest absolute Gasteiger partial charge is 0.104 e. The first-order valence-electron chi connectivity index (χ1n) is 6.10. The summed E-state index contributed by atoms with van der Waals surface area (Å²) in [6.45, 7) is 2.75. The van der Waals surface area contributed by atoms with Crippen molar-refractivity contribution >= 4 is 22.9 Å². The Hall–Kier alpha value is -1.94. The van der Waals surface area contributed by atoms with Gasteiger partial charge >= 0.3 is 0 Å². The molecule has 19 heavy (non-hydrogen) atoms. The summed E-state index contributed by atoms with van der Waals surface area (Å²) in [7, 11) is 2.03. The summed E-state index contributed by atoms with van der Waals surface area (Å²) in [5.41, 5.74) is 9.69. The van der Waals surface area contributed by atoms with Gasteiger partial charge in [0.1, 0.15) is 4.99 Å². The fourth-order valence-electron chi connectivity index (χ4n) is 1.92. The molecular weight excluding hydrogens is 254 g/mol. The van der Waals surface area contributed by atoms with Crippen molar-refractivity contribution in [2.45, 2.75) is 13.5 Å². The summed E-state index contributed by atoms with van der Waals surface area (Å²) >= 11 is 5.00. The molecule has 0 saturated heterocycles. The van der Waals surface area contributed by atoms with Crippen LogP contribution in [0.5, 0.6) is 0 Å². The minimum atomic E-state index is 0.420. The number of anilines is 1. The third-order valence-corrected chi connectivity index (χ3v) is 3.15. The maximum Gasteiger partial charge on any atom is 0.104 e. The maximum absolute atomic E-state index is 5.66. The van der Waals surface area contributed by atoms with E-state index in [4.69, 9.17) is 18.0 Å². The lowest BCUT2D eigenvalue weighted by atomic mass is 10.2. The number of benzene rings is 1. The molecule has 0 fully saturated rings. The number of thiocarbonyl (C=S) groups is 1. The van der Waals surface area contributed by atoms with E-state index in [2.05, 4.69) is 9.88 Å². The molecule has 1 heterocycles. The predicted molar refractivity (Wildman–Crippen MR) is 83.4 cm³/mol. The zero-order chi connectivity index (χ0) is 13.8. The Labute approximate surface area is 119 Å². The minimum absolute atomic E-state index is 0.420. The quantitative estimate of drug-likeness (QED) is 0.868. The van der Waals surface area contributed by atoms with E-state index in [1.54, 1.807) is 0 Å². The lowest BCUT2D eigenvalue weighted by molar-refractivity contribution is 0.877. The van der Waals surface area contributed by atoms with Gasteiger partial charge in [0.2, 0.25) is 0 Å². The molecular formula is C15H17N3S. The molecule has 0 amide bonds. The van der Waals surface area contributed by atoms with E-state index in [0.717, 1.165) is 29.2 Å². The molecule has 0 unspecified atom stereocenters. The van der Waals surface area contributed by atoms with Gasteiger partial charge in [-0.2, -0.15) is 0 Å². The van der Waals surface area contributed by atoms with E-state index in [9.17, 15) is 0 Å². The highest BCUT2D eigenvalue weighted by Gasteiger charge is 2.05. The first-order chi connectivity index (χ1) is 9.06. The monoisotopic (exact) mass is 271 g/mol. The molecule has 0 aliphatic rings. The van der Waals surface area contributed by atoms with Crippen LogP contribution in [0.4, 0.5) is 5.69 Å². The molecule has 0 radical (unpaired) electrons. The fraction of sp³-hybridized carbons (Fsp3) is 0.200. The molecule has 0 spiro atoms. The van der Waals surface area contributed by atoms with Gasteiger partial charge in [-0.25, -0.2) is 0 Å². The average molecular weight is 271 g/mol. The van der Waals surface area contributed by atoms with Crippen LogP contribution in [0.15, 0.2) is 42.5 Å². The highest BCUT2D eigenvalue weighted by atomic mass is 32.1. The van der Waals surface area contributed by atoms with Crippen molar-refractivity contribution < 1.29 is 0 Å². The molecule has 0 atom stereocenters. The average Bonchev–Trinajstić information content (AvgIpc) is 2.39. The van der Waals surface area contributed by atoms with Crippen LogP contribution in [-0.2, 0) is 6.54 Å². The zero-order valence-electron chi connectivity index (χ0n) is 11.1. The second-order valence-electron chi connectivity index (χ2n) is 4.54. The summed E-state index contributed by atoms with van der Waals surface area (Å²) in [5, 5.41) is 0. The first kappa shape index (κ1) is 13.5. The Morgan fingerprint density at radius 3 is 2.68 bits per heavy atom. The van der Waals surface area contributed by atoms with Crippen LogP contribution >= 0.6 is 12.2 Å². The summed E-state index contributed by atoms with van der Waals surface area (Å²) < 4.78 is 0. The third kappa shape index (κ3) is 3.51. The largest absolute Gasteiger partial charge is 0.389 e. The molecule has 4 heteroatoms. The highest BCUT2D eigenvalue weighted by Crippen LogP contribution is 2.16. The van der Waals surface area contributed by atoms with E-state index in [0.29, 0.717) is 4.99 Å². The number of pyridine rings is 1. The van der Waals surface area contributed by atoms with Gasteiger partial charge in [-0.1, -0.05) is 30.4 Å². The van der Waals surface area contributed by atoms with Crippen LogP contribution < -0.4 is 10.6 Å². The van der Waals surface area contributed by atoms with Crippen molar-refractivity contribution in [3.8, 4) is 0 Å². The van der Waals surface area contributed by atoms with Crippen LogP contribution in [0.1, 0.15) is 17.0 Å². The summed E-state index contributed by atoms with van der Waals surface area (Å²) in [6.07, 6.45) is 0. The molecule has 0 saturated carbocycles. The number of hydrogen-bond acceptors (Lipinski definition) is 3. The van der Waals surface area contributed by atoms with Gasteiger partial charge in [0.05, 0.1) is 12.2 Å². The van der Waals surface area contributed by atoms with Gasteiger partial charge in [0.15, 0.2) is 0 Å². The number of rotatable bonds is 4. The number of aromatic nitrogens is 1. The molecule has 0 aliphatic heterocycles. The molecule has 1 aromatic carbocycles. The van der Waals surface area contributed by atoms with E-state index >= 15 is 0 Å². The highest BCUT2D eigenvalue weighted by molar-refractivity contribution is 7.80. The molecule has 98 valence electrons. The fourth-order valence-corrected chi connectivity index (χ4v) is 2.05. The van der Waals surface area contributed by atoms with Crippen LogP contribution in [0.2, 0.25) is 0 Å². The molecule has 2 rings (SSSR count). The third-order valence-electron chi connectivity index (χ3n) is 2.92. The molecule has 0 bridgehead atoms. The number of aryl methyl sites for hydroxylation is 1. The van der Waals surface area contributed by atoms with E-state index in [-0.39, 0.29) is 0 Å². The zero-order valence-corrected chi connectivity index (χ0v) is 11.9. The normalized spacial score (nSPS) is 10.2. The number of nitrogens with two attached hydrogens (primary N) is 1. The van der Waals surface area contributed by atoms with Crippen molar-refractivity contribution in [2.24, 2.45) is 5.73 Å². The summed E-state index contributed by atoms with van der Waals surface area (Å²) in [6, 6.07) is 14.0. The van der Waals surface area contributed by atoms with E-state index in [1.165, 1.54) is 0 Å². The molecule has 0 aliphatic carbocycles. The van der Waals surface area contributed by atoms with Crippen LogP contribution in [0, 0.1) is 6.92 Å². The van der Waals surface area contributed by atoms with E-state index in [1.807, 2.05) is 56.4 Å². The number of hydrogen-bond donors (Lipinski definition) is 1. The van der Waals surface area contributed by atoms with Gasteiger partial charge < -0.3 is 10.6 Å². The predicted octanol–water partition coefficient (Wildman–Crippen LogP) is 2.66. The molecule has 1 aromatic heterocycles. The standard InChI is InChI=1S/C15H17N3S/c1-11-5-3-7-13(17-11)10-18(2)14-8-4-6-12(9-14)15(16)19/h3-9H,10H2,1-2H3,(H2,16,19).